The average Bonchev–Trinajstić information content (AvgIpc) is 2.16. The summed E-state index contributed by atoms with van der Waals surface area (Å²) in [6.45, 7) is 1.54. The highest BCUT2D eigenvalue weighted by molar-refractivity contribution is 5.44. The van der Waals surface area contributed by atoms with Gasteiger partial charge in [-0.3, -0.25) is 0 Å². The molecule has 0 fully saturated rings. The van der Waals surface area contributed by atoms with Gasteiger partial charge < -0.3 is 10.4 Å². The normalized spacial score (nSPS) is 12.5. The van der Waals surface area contributed by atoms with Crippen LogP contribution in [0.1, 0.15) is 5.56 Å². The van der Waals surface area contributed by atoms with Crippen molar-refractivity contribution in [2.24, 2.45) is 0 Å². The summed E-state index contributed by atoms with van der Waals surface area (Å²) in [6, 6.07) is 7.73. The van der Waals surface area contributed by atoms with Crippen LogP contribution >= 0.6 is 0 Å². The van der Waals surface area contributed by atoms with Gasteiger partial charge in [-0.15, -0.1) is 0 Å². The number of hydrogen-bond donors (Lipinski definition) is 2. The quantitative estimate of drug-likeness (QED) is 0.745. The van der Waals surface area contributed by atoms with Crippen molar-refractivity contribution >= 4 is 5.69 Å². The van der Waals surface area contributed by atoms with E-state index in [4.69, 9.17) is 5.11 Å². The molecule has 2 nitrogen and oxygen atoms in total. The van der Waals surface area contributed by atoms with E-state index in [1.165, 1.54) is 5.56 Å². The lowest BCUT2D eigenvalue weighted by Crippen LogP contribution is -2.21. The molecule has 1 aromatic rings. The van der Waals surface area contributed by atoms with Gasteiger partial charge >= 0.3 is 0 Å². The molecule has 3 heteroatoms. The average molecular weight is 183 g/mol. The van der Waals surface area contributed by atoms with Crippen LogP contribution < -0.4 is 5.32 Å². The van der Waals surface area contributed by atoms with Gasteiger partial charge in [-0.2, -0.15) is 0 Å². The summed E-state index contributed by atoms with van der Waals surface area (Å²) in [5, 5.41) is 11.9. The Labute approximate surface area is 77.4 Å². The van der Waals surface area contributed by atoms with E-state index in [1.807, 2.05) is 31.2 Å². The Bertz CT molecular complexity index is 248. The molecule has 0 bridgehead atoms. The van der Waals surface area contributed by atoms with Crippen LogP contribution in [0.4, 0.5) is 10.1 Å². The maximum Gasteiger partial charge on any atom is 0.117 e. The van der Waals surface area contributed by atoms with E-state index in [-0.39, 0.29) is 6.54 Å². The third-order valence-electron chi connectivity index (χ3n) is 1.77. The summed E-state index contributed by atoms with van der Waals surface area (Å²) in [5.74, 6) is 0. The van der Waals surface area contributed by atoms with Crippen molar-refractivity contribution in [1.29, 1.82) is 0 Å². The Hall–Kier alpha value is -1.09. The zero-order chi connectivity index (χ0) is 9.68. The molecule has 0 aromatic heterocycles. The number of rotatable bonds is 4. The van der Waals surface area contributed by atoms with Gasteiger partial charge in [0.05, 0.1) is 6.10 Å². The first kappa shape index (κ1) is 9.99. The molecule has 1 unspecified atom stereocenters. The van der Waals surface area contributed by atoms with Crippen LogP contribution in [-0.4, -0.2) is 24.4 Å². The first-order valence-electron chi connectivity index (χ1n) is 4.27. The lowest BCUT2D eigenvalue weighted by atomic mass is 10.2. The molecule has 0 aliphatic rings. The van der Waals surface area contributed by atoms with E-state index in [0.717, 1.165) is 5.69 Å². The van der Waals surface area contributed by atoms with Crippen LogP contribution in [0, 0.1) is 6.92 Å². The first-order chi connectivity index (χ1) is 6.22. The Kier molecular flexibility index (Phi) is 3.71. The molecule has 0 aliphatic heterocycles. The molecule has 0 heterocycles. The van der Waals surface area contributed by atoms with E-state index < -0.39 is 12.8 Å². The van der Waals surface area contributed by atoms with Gasteiger partial charge in [0.25, 0.3) is 0 Å². The van der Waals surface area contributed by atoms with Crippen molar-refractivity contribution in [2.75, 3.05) is 18.5 Å². The fraction of sp³-hybridized carbons (Fsp3) is 0.400. The Morgan fingerprint density at radius 3 is 2.54 bits per heavy atom. The highest BCUT2D eigenvalue weighted by Crippen LogP contribution is 2.08. The number of aliphatic hydroxyl groups excluding tert-OH is 1. The monoisotopic (exact) mass is 183 g/mol. The molecule has 1 atom stereocenters. The largest absolute Gasteiger partial charge is 0.389 e. The molecular weight excluding hydrogens is 169 g/mol. The molecule has 0 amide bonds. The smallest absolute Gasteiger partial charge is 0.117 e. The topological polar surface area (TPSA) is 32.3 Å². The van der Waals surface area contributed by atoms with E-state index in [0.29, 0.717) is 0 Å². The number of benzene rings is 1. The standard InChI is InChI=1S/C10H14FNO/c1-8-2-4-9(5-3-8)12-7-10(13)6-11/h2-5,10,12-13H,6-7H2,1H3. The minimum atomic E-state index is -0.915. The van der Waals surface area contributed by atoms with Gasteiger partial charge in [0.15, 0.2) is 0 Å². The van der Waals surface area contributed by atoms with E-state index in [2.05, 4.69) is 5.32 Å². The highest BCUT2D eigenvalue weighted by Gasteiger charge is 2.01. The Balaban J connectivity index is 2.41. The van der Waals surface area contributed by atoms with Crippen LogP contribution in [0.25, 0.3) is 0 Å². The molecule has 1 aromatic carbocycles. The van der Waals surface area contributed by atoms with Crippen molar-refractivity contribution in [3.8, 4) is 0 Å². The van der Waals surface area contributed by atoms with Crippen molar-refractivity contribution in [2.45, 2.75) is 13.0 Å². The van der Waals surface area contributed by atoms with Gasteiger partial charge in [0, 0.05) is 12.2 Å². The third-order valence-corrected chi connectivity index (χ3v) is 1.77. The first-order valence-corrected chi connectivity index (χ1v) is 4.27. The number of aliphatic hydroxyl groups is 1. The number of aryl methyl sites for hydroxylation is 1. The lowest BCUT2D eigenvalue weighted by molar-refractivity contribution is 0.151. The fourth-order valence-electron chi connectivity index (χ4n) is 0.962. The van der Waals surface area contributed by atoms with Crippen molar-refractivity contribution in [3.63, 3.8) is 0 Å². The van der Waals surface area contributed by atoms with E-state index >= 15 is 0 Å². The molecule has 0 saturated carbocycles. The summed E-state index contributed by atoms with van der Waals surface area (Å²) in [5.41, 5.74) is 2.08. The second-order valence-corrected chi connectivity index (χ2v) is 3.06. The van der Waals surface area contributed by atoms with Crippen LogP contribution in [-0.2, 0) is 0 Å². The number of hydrogen-bond acceptors (Lipinski definition) is 2. The van der Waals surface area contributed by atoms with Crippen LogP contribution in [0.15, 0.2) is 24.3 Å². The maximum atomic E-state index is 11.9. The number of alkyl halides is 1. The van der Waals surface area contributed by atoms with E-state index in [1.54, 1.807) is 0 Å². The second kappa shape index (κ2) is 4.82. The minimum Gasteiger partial charge on any atom is -0.389 e. The third kappa shape index (κ3) is 3.42. The zero-order valence-electron chi connectivity index (χ0n) is 7.63. The zero-order valence-corrected chi connectivity index (χ0v) is 7.63. The molecule has 0 saturated heterocycles. The molecule has 0 radical (unpaired) electrons. The summed E-state index contributed by atoms with van der Waals surface area (Å²) < 4.78 is 11.9. The number of nitrogens with one attached hydrogen (secondary N) is 1. The summed E-state index contributed by atoms with van der Waals surface area (Å²) in [4.78, 5) is 0. The van der Waals surface area contributed by atoms with Gasteiger partial charge in [0.1, 0.15) is 6.67 Å². The van der Waals surface area contributed by atoms with Crippen molar-refractivity contribution < 1.29 is 9.50 Å². The van der Waals surface area contributed by atoms with Crippen LogP contribution in [0.3, 0.4) is 0 Å². The summed E-state index contributed by atoms with van der Waals surface area (Å²) >= 11 is 0. The van der Waals surface area contributed by atoms with Crippen LogP contribution in [0.5, 0.6) is 0 Å². The minimum absolute atomic E-state index is 0.250. The summed E-state index contributed by atoms with van der Waals surface area (Å²) in [6.07, 6.45) is -0.915. The highest BCUT2D eigenvalue weighted by atomic mass is 19.1. The predicted molar refractivity (Wildman–Crippen MR) is 51.7 cm³/mol. The van der Waals surface area contributed by atoms with Gasteiger partial charge in [-0.05, 0) is 19.1 Å². The summed E-state index contributed by atoms with van der Waals surface area (Å²) in [7, 11) is 0. The Morgan fingerprint density at radius 1 is 1.38 bits per heavy atom. The maximum absolute atomic E-state index is 11.9. The molecule has 0 spiro atoms. The number of anilines is 1. The molecule has 1 rings (SSSR count). The van der Waals surface area contributed by atoms with Crippen molar-refractivity contribution in [3.05, 3.63) is 29.8 Å². The Morgan fingerprint density at radius 2 is 2.00 bits per heavy atom. The second-order valence-electron chi connectivity index (χ2n) is 3.06. The van der Waals surface area contributed by atoms with E-state index in [9.17, 15) is 4.39 Å². The lowest BCUT2D eigenvalue weighted by Gasteiger charge is -2.09. The number of halogens is 1. The molecule has 0 aliphatic carbocycles. The molecule has 72 valence electrons. The molecular formula is C10H14FNO. The van der Waals surface area contributed by atoms with Gasteiger partial charge in [-0.1, -0.05) is 17.7 Å². The predicted octanol–water partition coefficient (Wildman–Crippen LogP) is 1.74. The van der Waals surface area contributed by atoms with Gasteiger partial charge in [0.2, 0.25) is 0 Å². The SMILES string of the molecule is Cc1ccc(NCC(O)CF)cc1. The fourth-order valence-corrected chi connectivity index (χ4v) is 0.962. The molecule has 13 heavy (non-hydrogen) atoms. The van der Waals surface area contributed by atoms with Crippen LogP contribution in [0.2, 0.25) is 0 Å². The van der Waals surface area contributed by atoms with Gasteiger partial charge in [-0.25, -0.2) is 4.39 Å². The molecule has 2 N–H and O–H groups in total. The van der Waals surface area contributed by atoms with Crippen molar-refractivity contribution in [1.82, 2.24) is 0 Å².